The zero-order valence-electron chi connectivity index (χ0n) is 12.0. The van der Waals surface area contributed by atoms with Crippen molar-refractivity contribution in [1.29, 1.82) is 0 Å². The number of carboxylic acids is 1. The summed E-state index contributed by atoms with van der Waals surface area (Å²) in [6.45, 7) is 3.06. The van der Waals surface area contributed by atoms with Crippen LogP contribution in [0, 0.1) is 6.92 Å². The standard InChI is InChI=1S/C15H15N3O4/c1-7(19)11(15(20)21)18-14-13-12(16-8(2)17-14)9-5-3-4-6-10(9)22-13/h3-7,11,19H,1-2H3,(H,20,21)(H,16,17,18)/p-1/t7-,11-/m0/s1. The van der Waals surface area contributed by atoms with E-state index in [-0.39, 0.29) is 5.82 Å². The number of benzene rings is 1. The van der Waals surface area contributed by atoms with Crippen LogP contribution in [0.5, 0.6) is 0 Å². The fourth-order valence-electron chi connectivity index (χ4n) is 2.32. The summed E-state index contributed by atoms with van der Waals surface area (Å²) in [6, 6.07) is 6.05. The van der Waals surface area contributed by atoms with Gasteiger partial charge in [0.2, 0.25) is 0 Å². The number of carbonyl (C=O) groups excluding carboxylic acids is 1. The number of aliphatic carboxylic acids is 1. The Bertz CT molecular complexity index is 856. The van der Waals surface area contributed by atoms with Crippen LogP contribution in [0.3, 0.4) is 0 Å². The van der Waals surface area contributed by atoms with Crippen LogP contribution in [0.15, 0.2) is 28.7 Å². The van der Waals surface area contributed by atoms with E-state index in [4.69, 9.17) is 4.42 Å². The molecule has 114 valence electrons. The third-order valence-corrected chi connectivity index (χ3v) is 3.36. The number of carboxylic acid groups (broad SMARTS) is 1. The number of aromatic nitrogens is 2. The molecule has 1 aromatic carbocycles. The van der Waals surface area contributed by atoms with E-state index < -0.39 is 18.1 Å². The summed E-state index contributed by atoms with van der Waals surface area (Å²) < 4.78 is 5.72. The highest BCUT2D eigenvalue weighted by Crippen LogP contribution is 2.31. The van der Waals surface area contributed by atoms with Crippen molar-refractivity contribution in [3.05, 3.63) is 30.1 Å². The first-order chi connectivity index (χ1) is 10.5. The van der Waals surface area contributed by atoms with E-state index in [1.54, 1.807) is 13.0 Å². The molecule has 0 bridgehead atoms. The van der Waals surface area contributed by atoms with E-state index in [1.165, 1.54) is 6.92 Å². The lowest BCUT2D eigenvalue weighted by atomic mass is 10.2. The molecule has 0 saturated heterocycles. The predicted octanol–water partition coefficient (Wildman–Crippen LogP) is 0.596. The van der Waals surface area contributed by atoms with Crippen LogP contribution in [0.2, 0.25) is 0 Å². The SMILES string of the molecule is Cc1nc(N[C@H](C(=O)[O-])[C@H](C)O)c2oc3ccccc3c2n1. The number of aliphatic hydroxyl groups excluding tert-OH is 1. The topological polar surface area (TPSA) is 111 Å². The van der Waals surface area contributed by atoms with E-state index in [1.807, 2.05) is 18.2 Å². The maximum Gasteiger partial charge on any atom is 0.196 e. The minimum absolute atomic E-state index is 0.216. The first kappa shape index (κ1) is 14.3. The third-order valence-electron chi connectivity index (χ3n) is 3.36. The fraction of sp³-hybridized carbons (Fsp3) is 0.267. The van der Waals surface area contributed by atoms with Crippen molar-refractivity contribution >= 4 is 33.9 Å². The van der Waals surface area contributed by atoms with Gasteiger partial charge in [-0.05, 0) is 26.0 Å². The first-order valence-electron chi connectivity index (χ1n) is 6.78. The van der Waals surface area contributed by atoms with Gasteiger partial charge in [0.1, 0.15) is 16.9 Å². The number of furan rings is 1. The Labute approximate surface area is 125 Å². The molecular weight excluding hydrogens is 286 g/mol. The van der Waals surface area contributed by atoms with Crippen molar-refractivity contribution in [1.82, 2.24) is 9.97 Å². The number of aryl methyl sites for hydroxylation is 1. The predicted molar refractivity (Wildman–Crippen MR) is 78.1 cm³/mol. The molecule has 2 heterocycles. The zero-order valence-corrected chi connectivity index (χ0v) is 12.0. The molecular formula is C15H14N3O4-. The van der Waals surface area contributed by atoms with Crippen molar-refractivity contribution in [3.8, 4) is 0 Å². The molecule has 0 radical (unpaired) electrons. The highest BCUT2D eigenvalue weighted by atomic mass is 16.4. The average molecular weight is 300 g/mol. The Morgan fingerprint density at radius 2 is 2.09 bits per heavy atom. The minimum atomic E-state index is -1.42. The number of hydrogen-bond acceptors (Lipinski definition) is 7. The van der Waals surface area contributed by atoms with Gasteiger partial charge in [-0.15, -0.1) is 0 Å². The molecule has 0 saturated carbocycles. The molecule has 7 heteroatoms. The monoisotopic (exact) mass is 300 g/mol. The zero-order chi connectivity index (χ0) is 15.9. The van der Waals surface area contributed by atoms with E-state index >= 15 is 0 Å². The molecule has 0 fully saturated rings. The van der Waals surface area contributed by atoms with Crippen LogP contribution >= 0.6 is 0 Å². The molecule has 2 aromatic heterocycles. The van der Waals surface area contributed by atoms with Crippen molar-refractivity contribution in [2.24, 2.45) is 0 Å². The smallest absolute Gasteiger partial charge is 0.196 e. The van der Waals surface area contributed by atoms with Crippen LogP contribution < -0.4 is 10.4 Å². The van der Waals surface area contributed by atoms with E-state index in [9.17, 15) is 15.0 Å². The molecule has 2 N–H and O–H groups in total. The minimum Gasteiger partial charge on any atom is -0.548 e. The Morgan fingerprint density at radius 1 is 1.36 bits per heavy atom. The van der Waals surface area contributed by atoms with Gasteiger partial charge in [-0.1, -0.05) is 12.1 Å². The Kier molecular flexibility index (Phi) is 3.42. The summed E-state index contributed by atoms with van der Waals surface area (Å²) in [4.78, 5) is 19.7. The van der Waals surface area contributed by atoms with Gasteiger partial charge >= 0.3 is 0 Å². The van der Waals surface area contributed by atoms with Crippen molar-refractivity contribution < 1.29 is 19.4 Å². The number of nitrogens with one attached hydrogen (secondary N) is 1. The second-order valence-electron chi connectivity index (χ2n) is 5.08. The molecule has 0 spiro atoms. The van der Waals surface area contributed by atoms with Gasteiger partial charge in [0.05, 0.1) is 18.1 Å². The normalized spacial score (nSPS) is 14.1. The third kappa shape index (κ3) is 2.35. The lowest BCUT2D eigenvalue weighted by molar-refractivity contribution is -0.308. The number of aliphatic hydroxyl groups is 1. The van der Waals surface area contributed by atoms with Crippen molar-refractivity contribution in [2.75, 3.05) is 5.32 Å². The maximum atomic E-state index is 11.1. The van der Waals surface area contributed by atoms with E-state index in [0.717, 1.165) is 5.39 Å². The van der Waals surface area contributed by atoms with E-state index in [2.05, 4.69) is 15.3 Å². The van der Waals surface area contributed by atoms with Gasteiger partial charge in [0, 0.05) is 5.39 Å². The van der Waals surface area contributed by atoms with Gasteiger partial charge < -0.3 is 24.7 Å². The molecule has 3 rings (SSSR count). The number of anilines is 1. The number of hydrogen-bond donors (Lipinski definition) is 2. The summed E-state index contributed by atoms with van der Waals surface area (Å²) in [5.41, 5.74) is 1.56. The Balaban J connectivity index is 2.18. The number of nitrogens with zero attached hydrogens (tertiary/aromatic N) is 2. The Morgan fingerprint density at radius 3 is 2.77 bits per heavy atom. The number of carbonyl (C=O) groups is 1. The molecule has 0 aliphatic rings. The first-order valence-corrected chi connectivity index (χ1v) is 6.78. The number of fused-ring (bicyclic) bond motifs is 3. The van der Waals surface area contributed by atoms with Crippen LogP contribution in [0.1, 0.15) is 12.7 Å². The summed E-state index contributed by atoms with van der Waals surface area (Å²) in [7, 11) is 0. The van der Waals surface area contributed by atoms with Gasteiger partial charge in [-0.25, -0.2) is 9.97 Å². The maximum absolute atomic E-state index is 11.1. The second kappa shape index (κ2) is 5.27. The van der Waals surface area contributed by atoms with Crippen LogP contribution in [-0.4, -0.2) is 33.2 Å². The molecule has 0 amide bonds. The highest BCUT2D eigenvalue weighted by Gasteiger charge is 2.21. The molecule has 0 aliphatic heterocycles. The van der Waals surface area contributed by atoms with Gasteiger partial charge in [0.15, 0.2) is 11.4 Å². The molecule has 3 aromatic rings. The quantitative estimate of drug-likeness (QED) is 0.725. The lowest BCUT2D eigenvalue weighted by Gasteiger charge is -2.22. The number of para-hydroxylation sites is 1. The molecule has 7 nitrogen and oxygen atoms in total. The van der Waals surface area contributed by atoms with Gasteiger partial charge in [-0.2, -0.15) is 0 Å². The lowest BCUT2D eigenvalue weighted by Crippen LogP contribution is -2.47. The van der Waals surface area contributed by atoms with Crippen LogP contribution in [0.25, 0.3) is 22.1 Å². The van der Waals surface area contributed by atoms with Gasteiger partial charge in [0.25, 0.3) is 0 Å². The van der Waals surface area contributed by atoms with Crippen molar-refractivity contribution in [3.63, 3.8) is 0 Å². The highest BCUT2D eigenvalue weighted by molar-refractivity contribution is 6.05. The van der Waals surface area contributed by atoms with Crippen LogP contribution in [-0.2, 0) is 4.79 Å². The molecule has 2 atom stereocenters. The van der Waals surface area contributed by atoms with Crippen molar-refractivity contribution in [2.45, 2.75) is 26.0 Å². The Hall–Kier alpha value is -2.67. The second-order valence-corrected chi connectivity index (χ2v) is 5.08. The van der Waals surface area contributed by atoms with Gasteiger partial charge in [-0.3, -0.25) is 0 Å². The summed E-state index contributed by atoms with van der Waals surface area (Å²) in [5, 5.41) is 24.2. The average Bonchev–Trinajstić information content (AvgIpc) is 2.82. The number of rotatable bonds is 4. The molecule has 0 unspecified atom stereocenters. The summed E-state index contributed by atoms with van der Waals surface area (Å²) in [5.74, 6) is -0.742. The summed E-state index contributed by atoms with van der Waals surface area (Å²) >= 11 is 0. The molecule has 0 aliphatic carbocycles. The molecule has 22 heavy (non-hydrogen) atoms. The van der Waals surface area contributed by atoms with Crippen LogP contribution in [0.4, 0.5) is 5.82 Å². The van der Waals surface area contributed by atoms with E-state index in [0.29, 0.717) is 22.5 Å². The largest absolute Gasteiger partial charge is 0.548 e. The fourth-order valence-corrected chi connectivity index (χ4v) is 2.32. The summed E-state index contributed by atoms with van der Waals surface area (Å²) in [6.07, 6.45) is -1.15.